The molecule has 31 heavy (non-hydrogen) atoms. The summed E-state index contributed by atoms with van der Waals surface area (Å²) < 4.78 is 10.1. The van der Waals surface area contributed by atoms with Crippen molar-refractivity contribution in [3.8, 4) is 0 Å². The Hall–Kier alpha value is -3.41. The number of methoxy groups -OCH3 is 1. The first kappa shape index (κ1) is 22.3. The molecule has 0 aromatic heterocycles. The number of amides is 1. The number of rotatable bonds is 7. The summed E-state index contributed by atoms with van der Waals surface area (Å²) >= 11 is 0. The molecule has 162 valence electrons. The monoisotopic (exact) mass is 421 g/mol. The van der Waals surface area contributed by atoms with Gasteiger partial charge in [-0.15, -0.1) is 0 Å². The van der Waals surface area contributed by atoms with Crippen LogP contribution in [0.5, 0.6) is 0 Å². The minimum absolute atomic E-state index is 0.204. The normalized spacial score (nSPS) is 16.8. The van der Waals surface area contributed by atoms with Crippen LogP contribution in [0.25, 0.3) is 0 Å². The van der Waals surface area contributed by atoms with E-state index >= 15 is 0 Å². The van der Waals surface area contributed by atoms with Crippen molar-refractivity contribution in [2.24, 2.45) is 5.92 Å². The quantitative estimate of drug-likeness (QED) is 0.390. The molecule has 0 spiro atoms. The first-order valence-corrected chi connectivity index (χ1v) is 10.4. The molecular formula is C25H27NO5. The van der Waals surface area contributed by atoms with Crippen LogP contribution < -0.4 is 0 Å². The number of carbonyl (C=O) groups excluding carboxylic acids is 3. The van der Waals surface area contributed by atoms with E-state index in [0.717, 1.165) is 24.0 Å². The van der Waals surface area contributed by atoms with E-state index in [1.807, 2.05) is 66.7 Å². The zero-order chi connectivity index (χ0) is 22.1. The highest BCUT2D eigenvalue weighted by Crippen LogP contribution is 2.21. The third-order valence-corrected chi connectivity index (χ3v) is 5.31. The Labute approximate surface area is 182 Å². The summed E-state index contributed by atoms with van der Waals surface area (Å²) in [5.41, 5.74) is 1.94. The largest absolute Gasteiger partial charge is 0.462 e. The van der Waals surface area contributed by atoms with E-state index in [9.17, 15) is 14.4 Å². The number of nitrogens with zero attached hydrogens (tertiary/aromatic N) is 1. The van der Waals surface area contributed by atoms with Gasteiger partial charge in [-0.25, -0.2) is 4.79 Å². The number of esters is 2. The fourth-order valence-electron chi connectivity index (χ4n) is 3.65. The molecule has 2 atom stereocenters. The first-order chi connectivity index (χ1) is 15.1. The molecule has 1 aliphatic rings. The van der Waals surface area contributed by atoms with Crippen LogP contribution in [0.3, 0.4) is 0 Å². The van der Waals surface area contributed by atoms with Gasteiger partial charge in [0.15, 0.2) is 0 Å². The summed E-state index contributed by atoms with van der Waals surface area (Å²) in [6.07, 6.45) is 5.65. The van der Waals surface area contributed by atoms with Crippen LogP contribution in [0.1, 0.15) is 24.0 Å². The lowest BCUT2D eigenvalue weighted by molar-refractivity contribution is -0.158. The van der Waals surface area contributed by atoms with Crippen molar-refractivity contribution < 1.29 is 23.9 Å². The maximum absolute atomic E-state index is 12.9. The molecule has 0 bridgehead atoms. The predicted molar refractivity (Wildman–Crippen MR) is 116 cm³/mol. The molecule has 3 rings (SSSR count). The van der Waals surface area contributed by atoms with Crippen LogP contribution in [-0.2, 0) is 36.9 Å². The Bertz CT molecular complexity index is 910. The number of ether oxygens (including phenoxy) is 2. The van der Waals surface area contributed by atoms with E-state index in [2.05, 4.69) is 4.74 Å². The molecule has 0 aliphatic carbocycles. The Balaban J connectivity index is 1.71. The molecule has 6 heteroatoms. The maximum atomic E-state index is 12.9. The second-order valence-electron chi connectivity index (χ2n) is 7.47. The van der Waals surface area contributed by atoms with Crippen molar-refractivity contribution in [1.29, 1.82) is 0 Å². The van der Waals surface area contributed by atoms with Crippen molar-refractivity contribution in [2.45, 2.75) is 31.9 Å². The summed E-state index contributed by atoms with van der Waals surface area (Å²) in [6, 6.07) is 19.0. The molecule has 1 amide bonds. The molecule has 2 aromatic rings. The fourth-order valence-corrected chi connectivity index (χ4v) is 3.65. The molecule has 1 heterocycles. The third-order valence-electron chi connectivity index (χ3n) is 5.31. The molecule has 2 aromatic carbocycles. The zero-order valence-corrected chi connectivity index (χ0v) is 17.6. The number of hydrogen-bond acceptors (Lipinski definition) is 5. The van der Waals surface area contributed by atoms with E-state index in [1.165, 1.54) is 12.0 Å². The van der Waals surface area contributed by atoms with Gasteiger partial charge in [-0.2, -0.15) is 0 Å². The van der Waals surface area contributed by atoms with Gasteiger partial charge in [0.1, 0.15) is 6.61 Å². The first-order valence-electron chi connectivity index (χ1n) is 10.4. The molecular weight excluding hydrogens is 394 g/mol. The third kappa shape index (κ3) is 6.28. The summed E-state index contributed by atoms with van der Waals surface area (Å²) in [5.74, 6) is -2.35. The maximum Gasteiger partial charge on any atom is 0.396 e. The Kier molecular flexibility index (Phi) is 7.98. The van der Waals surface area contributed by atoms with E-state index in [4.69, 9.17) is 4.74 Å². The predicted octanol–water partition coefficient (Wildman–Crippen LogP) is 3.31. The average Bonchev–Trinajstić information content (AvgIpc) is 3.29. The van der Waals surface area contributed by atoms with Crippen molar-refractivity contribution >= 4 is 17.8 Å². The van der Waals surface area contributed by atoms with Crippen LogP contribution in [0.2, 0.25) is 0 Å². The lowest BCUT2D eigenvalue weighted by atomic mass is 9.98. The van der Waals surface area contributed by atoms with Crippen molar-refractivity contribution in [1.82, 2.24) is 4.90 Å². The van der Waals surface area contributed by atoms with Gasteiger partial charge in [0.25, 0.3) is 0 Å². The zero-order valence-electron chi connectivity index (χ0n) is 17.6. The molecule has 0 unspecified atom stereocenters. The van der Waals surface area contributed by atoms with Gasteiger partial charge in [0.2, 0.25) is 0 Å². The molecule has 0 N–H and O–H groups in total. The topological polar surface area (TPSA) is 72.9 Å². The Morgan fingerprint density at radius 1 is 1.03 bits per heavy atom. The Morgan fingerprint density at radius 2 is 1.68 bits per heavy atom. The summed E-state index contributed by atoms with van der Waals surface area (Å²) in [6.45, 7) is 0.694. The van der Waals surface area contributed by atoms with Crippen LogP contribution in [0.4, 0.5) is 0 Å². The van der Waals surface area contributed by atoms with E-state index in [1.54, 1.807) is 6.08 Å². The SMILES string of the molecule is COC(=O)C(=O)N1CCC[C@H]1/C=C/[C@H](Cc1ccccc1)C(=O)OCc1ccccc1. The summed E-state index contributed by atoms with van der Waals surface area (Å²) in [4.78, 5) is 38.2. The van der Waals surface area contributed by atoms with Crippen LogP contribution in [0.15, 0.2) is 72.8 Å². The minimum Gasteiger partial charge on any atom is -0.462 e. The molecule has 1 aliphatic heterocycles. The van der Waals surface area contributed by atoms with Crippen LogP contribution in [-0.4, -0.2) is 42.4 Å². The van der Waals surface area contributed by atoms with Gasteiger partial charge in [-0.3, -0.25) is 9.59 Å². The molecule has 0 saturated carbocycles. The molecule has 0 radical (unpaired) electrons. The van der Waals surface area contributed by atoms with Gasteiger partial charge < -0.3 is 14.4 Å². The molecule has 1 saturated heterocycles. The fraction of sp³-hybridized carbons (Fsp3) is 0.320. The average molecular weight is 421 g/mol. The highest BCUT2D eigenvalue weighted by Gasteiger charge is 2.32. The highest BCUT2D eigenvalue weighted by atomic mass is 16.5. The highest BCUT2D eigenvalue weighted by molar-refractivity contribution is 6.32. The number of benzene rings is 2. The van der Waals surface area contributed by atoms with Gasteiger partial charge in [-0.1, -0.05) is 72.8 Å². The standard InChI is InChI=1S/C25H27NO5/c1-30-25(29)23(27)26-16-8-13-22(26)15-14-21(17-19-9-4-2-5-10-19)24(28)31-18-20-11-6-3-7-12-20/h2-7,9-12,14-15,21-22H,8,13,16-18H2,1H3/b15-14+/t21-,22+/m1/s1. The lowest BCUT2D eigenvalue weighted by Gasteiger charge is -2.21. The summed E-state index contributed by atoms with van der Waals surface area (Å²) in [5, 5.41) is 0. The van der Waals surface area contributed by atoms with Crippen molar-refractivity contribution in [2.75, 3.05) is 13.7 Å². The number of hydrogen-bond donors (Lipinski definition) is 0. The van der Waals surface area contributed by atoms with Crippen LogP contribution >= 0.6 is 0 Å². The van der Waals surface area contributed by atoms with Gasteiger partial charge in [0, 0.05) is 6.54 Å². The minimum atomic E-state index is -0.872. The second kappa shape index (κ2) is 11.1. The number of likely N-dealkylation sites (tertiary alicyclic amines) is 1. The van der Waals surface area contributed by atoms with Gasteiger partial charge >= 0.3 is 17.8 Å². The number of carbonyl (C=O) groups is 3. The van der Waals surface area contributed by atoms with Gasteiger partial charge in [-0.05, 0) is 30.4 Å². The lowest BCUT2D eigenvalue weighted by Crippen LogP contribution is -2.39. The van der Waals surface area contributed by atoms with E-state index in [-0.39, 0.29) is 18.6 Å². The van der Waals surface area contributed by atoms with Gasteiger partial charge in [0.05, 0.1) is 19.1 Å². The summed E-state index contributed by atoms with van der Waals surface area (Å²) in [7, 11) is 1.19. The smallest absolute Gasteiger partial charge is 0.396 e. The second-order valence-corrected chi connectivity index (χ2v) is 7.47. The van der Waals surface area contributed by atoms with E-state index < -0.39 is 17.8 Å². The van der Waals surface area contributed by atoms with E-state index in [0.29, 0.717) is 13.0 Å². The van der Waals surface area contributed by atoms with Crippen molar-refractivity contribution in [3.05, 3.63) is 83.9 Å². The molecule has 6 nitrogen and oxygen atoms in total. The van der Waals surface area contributed by atoms with Crippen molar-refractivity contribution in [3.63, 3.8) is 0 Å². The molecule has 1 fully saturated rings. The Morgan fingerprint density at radius 3 is 2.32 bits per heavy atom. The van der Waals surface area contributed by atoms with Crippen LogP contribution in [0, 0.1) is 5.92 Å².